The fourth-order valence-electron chi connectivity index (χ4n) is 3.64. The van der Waals surface area contributed by atoms with E-state index >= 15 is 0 Å². The lowest BCUT2D eigenvalue weighted by Gasteiger charge is -2.52. The van der Waals surface area contributed by atoms with Crippen LogP contribution in [0.2, 0.25) is 10.0 Å². The maximum absolute atomic E-state index is 10.6. The molecule has 6 atom stereocenters. The van der Waals surface area contributed by atoms with Crippen molar-refractivity contribution < 1.29 is 29.2 Å². The number of rotatable bonds is 4. The van der Waals surface area contributed by atoms with Gasteiger partial charge in [0.1, 0.15) is 23.9 Å². The summed E-state index contributed by atoms with van der Waals surface area (Å²) in [6.07, 6.45) is -3.78. The second-order valence-corrected chi connectivity index (χ2v) is 8.20. The zero-order valence-electron chi connectivity index (χ0n) is 15.7. The number of halogens is 2. The first kappa shape index (κ1) is 21.0. The molecule has 2 N–H and O–H groups in total. The highest BCUT2D eigenvalue weighted by atomic mass is 35.5. The van der Waals surface area contributed by atoms with Crippen molar-refractivity contribution in [2.45, 2.75) is 43.4 Å². The van der Waals surface area contributed by atoms with Crippen molar-refractivity contribution in [2.75, 3.05) is 13.2 Å². The molecule has 0 amide bonds. The Morgan fingerprint density at radius 3 is 2.07 bits per heavy atom. The molecule has 2 aliphatic heterocycles. The van der Waals surface area contributed by atoms with Crippen LogP contribution in [0, 0.1) is 0 Å². The van der Waals surface area contributed by atoms with Crippen LogP contribution in [0.1, 0.15) is 30.6 Å². The molecule has 29 heavy (non-hydrogen) atoms. The van der Waals surface area contributed by atoms with E-state index < -0.39 is 43.1 Å². The van der Waals surface area contributed by atoms with Crippen LogP contribution in [-0.4, -0.2) is 47.3 Å². The smallest absolute Gasteiger partial charge is 0.185 e. The minimum atomic E-state index is -1.23. The summed E-state index contributed by atoms with van der Waals surface area (Å²) < 4.78 is 24.3. The predicted octanol–water partition coefficient (Wildman–Crippen LogP) is 3.63. The van der Waals surface area contributed by atoms with E-state index in [2.05, 4.69) is 0 Å². The highest BCUT2D eigenvalue weighted by molar-refractivity contribution is 6.30. The summed E-state index contributed by atoms with van der Waals surface area (Å²) in [6.45, 7) is 1.46. The SMILES string of the molecule is C[C@]1([C@H](O)CO)OC(c2ccc(Cl)cc2)O[C@H]2COC(c3ccc(Cl)cc3)O[C@H]21. The van der Waals surface area contributed by atoms with E-state index in [0.717, 1.165) is 11.1 Å². The monoisotopic (exact) mass is 440 g/mol. The molecule has 0 aromatic heterocycles. The molecule has 0 aliphatic carbocycles. The van der Waals surface area contributed by atoms with Gasteiger partial charge in [-0.05, 0) is 31.2 Å². The minimum absolute atomic E-state index is 0.235. The lowest BCUT2D eigenvalue weighted by Crippen LogP contribution is -2.65. The Hall–Kier alpha value is -1.22. The molecule has 0 spiro atoms. The van der Waals surface area contributed by atoms with Crippen molar-refractivity contribution in [3.05, 3.63) is 69.7 Å². The van der Waals surface area contributed by atoms with Gasteiger partial charge in [-0.25, -0.2) is 0 Å². The lowest BCUT2D eigenvalue weighted by molar-refractivity contribution is -0.401. The normalized spacial score (nSPS) is 33.1. The maximum atomic E-state index is 10.6. The van der Waals surface area contributed by atoms with Crippen LogP contribution in [0.4, 0.5) is 0 Å². The molecule has 2 heterocycles. The number of aliphatic hydroxyl groups excluding tert-OH is 2. The summed E-state index contributed by atoms with van der Waals surface area (Å²) in [4.78, 5) is 0. The number of aliphatic hydroxyl groups is 2. The van der Waals surface area contributed by atoms with Crippen molar-refractivity contribution in [3.8, 4) is 0 Å². The Bertz CT molecular complexity index is 830. The molecule has 2 aromatic carbocycles. The van der Waals surface area contributed by atoms with Gasteiger partial charge in [-0.1, -0.05) is 47.5 Å². The van der Waals surface area contributed by atoms with Crippen LogP contribution in [0.5, 0.6) is 0 Å². The van der Waals surface area contributed by atoms with Gasteiger partial charge in [0.05, 0.1) is 13.2 Å². The standard InChI is InChI=1S/C21H22Cl2O6/c1-21(17(25)10-24)18-16(27-20(29-21)13-4-8-15(23)9-5-13)11-26-19(28-18)12-2-6-14(22)7-3-12/h2-9,16-20,24-25H,10-11H2,1H3/t16-,17+,18+,19?,20?,21+/m0/s1. The predicted molar refractivity (Wildman–Crippen MR) is 107 cm³/mol. The quantitative estimate of drug-likeness (QED) is 0.755. The zero-order chi connectivity index (χ0) is 20.6. The van der Waals surface area contributed by atoms with E-state index in [0.29, 0.717) is 10.0 Å². The van der Waals surface area contributed by atoms with E-state index in [9.17, 15) is 10.2 Å². The maximum Gasteiger partial charge on any atom is 0.185 e. The van der Waals surface area contributed by atoms with Gasteiger partial charge in [-0.2, -0.15) is 0 Å². The summed E-state index contributed by atoms with van der Waals surface area (Å²) in [6, 6.07) is 14.2. The fraction of sp³-hybridized carbons (Fsp3) is 0.429. The van der Waals surface area contributed by atoms with Crippen molar-refractivity contribution in [1.82, 2.24) is 0 Å². The molecule has 0 saturated carbocycles. The van der Waals surface area contributed by atoms with Gasteiger partial charge in [0.25, 0.3) is 0 Å². The number of fused-ring (bicyclic) bond motifs is 1. The lowest BCUT2D eigenvalue weighted by atomic mass is 9.86. The number of hydrogen-bond donors (Lipinski definition) is 2. The Balaban J connectivity index is 1.61. The van der Waals surface area contributed by atoms with Crippen molar-refractivity contribution in [2.24, 2.45) is 0 Å². The Kier molecular flexibility index (Phi) is 6.16. The molecule has 2 unspecified atom stereocenters. The molecule has 2 saturated heterocycles. The number of benzene rings is 2. The van der Waals surface area contributed by atoms with Gasteiger partial charge in [0.15, 0.2) is 12.6 Å². The molecule has 2 aromatic rings. The summed E-state index contributed by atoms with van der Waals surface area (Å²) in [5.74, 6) is 0. The zero-order valence-corrected chi connectivity index (χ0v) is 17.2. The van der Waals surface area contributed by atoms with Gasteiger partial charge in [0.2, 0.25) is 0 Å². The second kappa shape index (κ2) is 8.49. The molecule has 4 rings (SSSR count). The van der Waals surface area contributed by atoms with Crippen LogP contribution < -0.4 is 0 Å². The van der Waals surface area contributed by atoms with Gasteiger partial charge in [-0.3, -0.25) is 0 Å². The van der Waals surface area contributed by atoms with E-state index in [-0.39, 0.29) is 6.61 Å². The van der Waals surface area contributed by atoms with E-state index in [1.807, 2.05) is 12.1 Å². The first-order chi connectivity index (χ1) is 13.9. The molecule has 156 valence electrons. The second-order valence-electron chi connectivity index (χ2n) is 7.33. The van der Waals surface area contributed by atoms with Gasteiger partial charge in [-0.15, -0.1) is 0 Å². The Labute approximate surface area is 178 Å². The van der Waals surface area contributed by atoms with Crippen molar-refractivity contribution in [1.29, 1.82) is 0 Å². The van der Waals surface area contributed by atoms with Gasteiger partial charge < -0.3 is 29.2 Å². The van der Waals surface area contributed by atoms with E-state index in [4.69, 9.17) is 42.1 Å². The summed E-state index contributed by atoms with van der Waals surface area (Å²) in [7, 11) is 0. The molecule has 6 nitrogen and oxygen atoms in total. The summed E-state index contributed by atoms with van der Waals surface area (Å²) in [5, 5.41) is 21.5. The molecule has 0 radical (unpaired) electrons. The Morgan fingerprint density at radius 2 is 1.52 bits per heavy atom. The highest BCUT2D eigenvalue weighted by Crippen LogP contribution is 2.44. The average Bonchev–Trinajstić information content (AvgIpc) is 2.74. The first-order valence-electron chi connectivity index (χ1n) is 9.31. The molecular formula is C21H22Cl2O6. The van der Waals surface area contributed by atoms with Crippen molar-refractivity contribution >= 4 is 23.2 Å². The average molecular weight is 441 g/mol. The van der Waals surface area contributed by atoms with E-state index in [1.54, 1.807) is 43.3 Å². The Morgan fingerprint density at radius 1 is 0.966 bits per heavy atom. The third-order valence-electron chi connectivity index (χ3n) is 5.36. The summed E-state index contributed by atoms with van der Waals surface area (Å²) in [5.41, 5.74) is 0.300. The number of ether oxygens (including phenoxy) is 4. The molecule has 8 heteroatoms. The summed E-state index contributed by atoms with van der Waals surface area (Å²) >= 11 is 11.9. The highest BCUT2D eigenvalue weighted by Gasteiger charge is 2.55. The van der Waals surface area contributed by atoms with Crippen LogP contribution in [0.3, 0.4) is 0 Å². The molecular weight excluding hydrogens is 419 g/mol. The van der Waals surface area contributed by atoms with Crippen molar-refractivity contribution in [3.63, 3.8) is 0 Å². The topological polar surface area (TPSA) is 77.4 Å². The molecule has 2 fully saturated rings. The van der Waals surface area contributed by atoms with Crippen LogP contribution in [0.15, 0.2) is 48.5 Å². The van der Waals surface area contributed by atoms with E-state index in [1.165, 1.54) is 0 Å². The van der Waals surface area contributed by atoms with Crippen LogP contribution in [-0.2, 0) is 18.9 Å². The molecule has 2 aliphatic rings. The largest absolute Gasteiger partial charge is 0.394 e. The number of hydrogen-bond acceptors (Lipinski definition) is 6. The van der Waals surface area contributed by atoms with Gasteiger partial charge >= 0.3 is 0 Å². The fourth-order valence-corrected chi connectivity index (χ4v) is 3.89. The van der Waals surface area contributed by atoms with Crippen LogP contribution in [0.25, 0.3) is 0 Å². The third-order valence-corrected chi connectivity index (χ3v) is 5.87. The first-order valence-corrected chi connectivity index (χ1v) is 10.1. The minimum Gasteiger partial charge on any atom is -0.394 e. The molecule has 0 bridgehead atoms. The van der Waals surface area contributed by atoms with Gasteiger partial charge in [0, 0.05) is 21.2 Å². The third kappa shape index (κ3) is 4.17. The van der Waals surface area contributed by atoms with Crippen LogP contribution >= 0.6 is 23.2 Å².